The quantitative estimate of drug-likeness (QED) is 0.162. The van der Waals surface area contributed by atoms with E-state index in [-0.39, 0.29) is 50.0 Å². The summed E-state index contributed by atoms with van der Waals surface area (Å²) in [6.45, 7) is 49.3. The lowest BCUT2D eigenvalue weighted by molar-refractivity contribution is 0.332. The van der Waals surface area contributed by atoms with Gasteiger partial charge in [-0.25, -0.2) is 0 Å². The van der Waals surface area contributed by atoms with Gasteiger partial charge in [-0.3, -0.25) is 0 Å². The molecule has 0 atom stereocenters. The van der Waals surface area contributed by atoms with Gasteiger partial charge in [-0.2, -0.15) is 0 Å². The van der Waals surface area contributed by atoms with Gasteiger partial charge in [0.25, 0.3) is 6.71 Å². The molecule has 0 spiro atoms. The Bertz CT molecular complexity index is 3580. The summed E-state index contributed by atoms with van der Waals surface area (Å²) in [4.78, 5) is 5.57. The van der Waals surface area contributed by atoms with Crippen molar-refractivity contribution in [1.82, 2.24) is 0 Å². The third-order valence-electron chi connectivity index (χ3n) is 20.5. The summed E-state index contributed by atoms with van der Waals surface area (Å²) in [5.41, 5.74) is 25.6. The smallest absolute Gasteiger partial charge is 0.254 e. The van der Waals surface area contributed by atoms with Crippen molar-refractivity contribution in [1.29, 1.82) is 0 Å². The number of hydrogen-bond acceptors (Lipinski definition) is 3. The van der Waals surface area contributed by atoms with Crippen LogP contribution in [0.3, 0.4) is 0 Å². The van der Waals surface area contributed by atoms with Crippen molar-refractivity contribution in [3.8, 4) is 11.1 Å². The molecule has 12 rings (SSSR count). The molecule has 1 aromatic heterocycles. The van der Waals surface area contributed by atoms with E-state index in [4.69, 9.17) is 0 Å². The van der Waals surface area contributed by atoms with Crippen LogP contribution >= 0.6 is 11.3 Å². The number of fused-ring (bicyclic) bond motifs is 9. The first kappa shape index (κ1) is 52.8. The second-order valence-electron chi connectivity index (χ2n) is 31.0. The lowest BCUT2D eigenvalue weighted by Gasteiger charge is -2.48. The van der Waals surface area contributed by atoms with E-state index in [0.29, 0.717) is 0 Å². The van der Waals surface area contributed by atoms with Crippen molar-refractivity contribution in [2.75, 3.05) is 9.80 Å². The summed E-state index contributed by atoms with van der Waals surface area (Å²) < 4.78 is 1.42. The molecule has 2 nitrogen and oxygen atoms in total. The number of benzene rings is 6. The van der Waals surface area contributed by atoms with Crippen LogP contribution in [0, 0.1) is 0 Å². The second kappa shape index (κ2) is 16.9. The Morgan fingerprint density at radius 2 is 0.883 bits per heavy atom. The maximum Gasteiger partial charge on any atom is 0.254 e. The van der Waals surface area contributed by atoms with Crippen LogP contribution in [0.25, 0.3) is 21.2 Å². The Hall–Kier alpha value is -4.84. The van der Waals surface area contributed by atoms with Crippen molar-refractivity contribution >= 4 is 91.9 Å². The van der Waals surface area contributed by atoms with Crippen molar-refractivity contribution in [3.63, 3.8) is 0 Å². The standard InChI is InChI=1S/C72H88BN2SSi/c1-65(2,3)44-23-25-46(26-24-44)74-59-35-45(66(4,5)6)36-60-63(59)73(62-49-38-51-55(42-61(49)76-64(62)74)72(17,18)34-30-68(51,9)10)56-39-52-54(71(15,16)33-31-69(52,11)12)41-58(56)75(60)57-40-53-50(67(7,8)29-32-70(53,13)14)37-48(57)43-21-27-47(28-22-43)77(19)20/h21-28,35-42H,29-34H2,1-20H3. The van der Waals surface area contributed by atoms with Gasteiger partial charge in [0, 0.05) is 33.0 Å². The molecule has 2 aliphatic heterocycles. The third kappa shape index (κ3) is 8.17. The molecule has 0 saturated carbocycles. The molecule has 0 amide bonds. The fourth-order valence-electron chi connectivity index (χ4n) is 14.7. The highest BCUT2D eigenvalue weighted by Crippen LogP contribution is 2.57. The van der Waals surface area contributed by atoms with E-state index in [2.05, 4.69) is 245 Å². The van der Waals surface area contributed by atoms with Crippen molar-refractivity contribution < 1.29 is 0 Å². The predicted molar refractivity (Wildman–Crippen MR) is 342 cm³/mol. The van der Waals surface area contributed by atoms with Crippen LogP contribution in [0.2, 0.25) is 13.1 Å². The van der Waals surface area contributed by atoms with E-state index in [1.807, 2.05) is 11.3 Å². The number of hydrogen-bond donors (Lipinski definition) is 0. The lowest BCUT2D eigenvalue weighted by Crippen LogP contribution is -2.61. The van der Waals surface area contributed by atoms with Crippen LogP contribution < -0.4 is 31.4 Å². The number of nitrogens with zero attached hydrogens (tertiary/aromatic N) is 2. The van der Waals surface area contributed by atoms with Crippen molar-refractivity contribution in [2.24, 2.45) is 0 Å². The van der Waals surface area contributed by atoms with Crippen molar-refractivity contribution in [2.45, 2.75) is 220 Å². The molecular weight excluding hydrogens is 964 g/mol. The molecule has 6 aromatic carbocycles. The molecule has 3 aliphatic carbocycles. The lowest BCUT2D eigenvalue weighted by atomic mass is 9.33. The van der Waals surface area contributed by atoms with E-state index in [0.717, 1.165) is 6.42 Å². The molecule has 0 saturated heterocycles. The summed E-state index contributed by atoms with van der Waals surface area (Å²) in [7, 11) is -0.626. The zero-order valence-electron chi connectivity index (χ0n) is 50.9. The van der Waals surface area contributed by atoms with Crippen molar-refractivity contribution in [3.05, 3.63) is 142 Å². The minimum atomic E-state index is -0.626. The summed E-state index contributed by atoms with van der Waals surface area (Å²) in [6, 6.07) is 41.0. The molecule has 1 radical (unpaired) electrons. The highest BCUT2D eigenvalue weighted by molar-refractivity contribution is 7.26. The molecule has 77 heavy (non-hydrogen) atoms. The van der Waals surface area contributed by atoms with Gasteiger partial charge in [-0.15, -0.1) is 11.3 Å². The average Bonchev–Trinajstić information content (AvgIpc) is 3.83. The monoisotopic (exact) mass is 1050 g/mol. The maximum atomic E-state index is 2.84. The topological polar surface area (TPSA) is 6.48 Å². The number of rotatable bonds is 4. The predicted octanol–water partition coefficient (Wildman–Crippen LogP) is 18.3. The van der Waals surface area contributed by atoms with Gasteiger partial charge in [0.2, 0.25) is 0 Å². The van der Waals surface area contributed by atoms with E-state index in [9.17, 15) is 0 Å². The van der Waals surface area contributed by atoms with Gasteiger partial charge in [0.1, 0.15) is 0 Å². The number of anilines is 6. The van der Waals surface area contributed by atoms with E-state index in [1.165, 1.54) is 153 Å². The van der Waals surface area contributed by atoms with E-state index >= 15 is 0 Å². The van der Waals surface area contributed by atoms with E-state index < -0.39 is 8.80 Å². The Labute approximate surface area is 471 Å². The molecule has 5 heteroatoms. The first-order valence-electron chi connectivity index (χ1n) is 29.5. The largest absolute Gasteiger partial charge is 0.311 e. The molecular formula is C72H88BN2SSi. The van der Waals surface area contributed by atoms with Crippen LogP contribution in [-0.4, -0.2) is 15.5 Å². The van der Waals surface area contributed by atoms with Crippen LogP contribution in [0.15, 0.2) is 97.1 Å². The second-order valence-corrected chi connectivity index (χ2v) is 34.7. The Balaban J connectivity index is 1.27. The van der Waals surface area contributed by atoms with E-state index in [1.54, 1.807) is 0 Å². The van der Waals surface area contributed by atoms with Crippen LogP contribution in [-0.2, 0) is 43.3 Å². The first-order chi connectivity index (χ1) is 35.7. The highest BCUT2D eigenvalue weighted by atomic mass is 32.1. The summed E-state index contributed by atoms with van der Waals surface area (Å²) >= 11 is 2.04. The normalized spacial score (nSPS) is 20.0. The van der Waals surface area contributed by atoms with Gasteiger partial charge >= 0.3 is 0 Å². The molecule has 0 N–H and O–H groups in total. The fourth-order valence-corrected chi connectivity index (χ4v) is 16.8. The van der Waals surface area contributed by atoms with Crippen LogP contribution in [0.1, 0.15) is 208 Å². The SMILES string of the molecule is C[Si](C)c1ccc(-c2cc3c(cc2N2c4cc5c(cc4B4c6c2cc(C(C)(C)C)cc6N(c2ccc(C(C)(C)C)cc2)c2sc6cc7c(cc6c24)C(C)(C)CCC7(C)C)C(C)(C)CCC5(C)C)C(C)(C)CCC3(C)C)cc1. The van der Waals surface area contributed by atoms with Gasteiger partial charge in [0.05, 0.1) is 19.5 Å². The zero-order chi connectivity index (χ0) is 55.3. The van der Waals surface area contributed by atoms with Crippen LogP contribution in [0.4, 0.5) is 33.4 Å². The average molecular weight is 1050 g/mol. The molecule has 5 aliphatic rings. The van der Waals surface area contributed by atoms with Gasteiger partial charge in [0.15, 0.2) is 0 Å². The first-order valence-corrected chi connectivity index (χ1v) is 32.8. The third-order valence-corrected chi connectivity index (χ3v) is 23.1. The molecule has 3 heterocycles. The highest BCUT2D eigenvalue weighted by Gasteiger charge is 2.50. The number of thiophene rings is 1. The Morgan fingerprint density at radius 1 is 0.442 bits per heavy atom. The Morgan fingerprint density at radius 3 is 1.38 bits per heavy atom. The van der Waals surface area contributed by atoms with Gasteiger partial charge < -0.3 is 9.80 Å². The minimum absolute atomic E-state index is 0.0153. The fraction of sp³-hybridized carbons (Fsp3) is 0.472. The molecule has 0 unspecified atom stereocenters. The van der Waals surface area contributed by atoms with Gasteiger partial charge in [-0.05, 0) is 208 Å². The zero-order valence-corrected chi connectivity index (χ0v) is 52.7. The Kier molecular flexibility index (Phi) is 11.6. The molecule has 0 bridgehead atoms. The van der Waals surface area contributed by atoms with Crippen LogP contribution in [0.5, 0.6) is 0 Å². The molecule has 7 aromatic rings. The summed E-state index contributed by atoms with van der Waals surface area (Å²) in [6.07, 6.45) is 7.07. The maximum absolute atomic E-state index is 2.84. The molecule has 0 fully saturated rings. The minimum Gasteiger partial charge on any atom is -0.311 e. The molecule has 399 valence electrons. The summed E-state index contributed by atoms with van der Waals surface area (Å²) in [5.74, 6) is 0. The van der Waals surface area contributed by atoms with Gasteiger partial charge in [-0.1, -0.05) is 185 Å². The summed E-state index contributed by atoms with van der Waals surface area (Å²) in [5, 5.41) is 4.30.